The van der Waals surface area contributed by atoms with E-state index < -0.39 is 0 Å². The van der Waals surface area contributed by atoms with Crippen molar-refractivity contribution in [1.29, 1.82) is 0 Å². The van der Waals surface area contributed by atoms with Gasteiger partial charge in [-0.1, -0.05) is 6.07 Å². The summed E-state index contributed by atoms with van der Waals surface area (Å²) >= 11 is 0. The third-order valence-corrected chi connectivity index (χ3v) is 3.63. The molecule has 0 saturated carbocycles. The minimum absolute atomic E-state index is 0.00103. The number of benzene rings is 1. The molecule has 5 heteroatoms. The summed E-state index contributed by atoms with van der Waals surface area (Å²) in [5, 5.41) is 7.32. The van der Waals surface area contributed by atoms with Gasteiger partial charge in [0, 0.05) is 44.1 Å². The maximum atomic E-state index is 12.1. The molecule has 0 radical (unpaired) electrons. The number of rotatable bonds is 5. The number of nitrogens with zero attached hydrogens (tertiary/aromatic N) is 3. The molecule has 0 spiro atoms. The molecular weight excluding hydrogens is 276 g/mol. The molecule has 1 heterocycles. The monoisotopic (exact) mass is 300 g/mol. The highest BCUT2D eigenvalue weighted by Gasteiger charge is 2.08. The molecule has 0 bridgehead atoms. The molecule has 0 unspecified atom stereocenters. The summed E-state index contributed by atoms with van der Waals surface area (Å²) in [6.45, 7) is 6.61. The molecule has 5 nitrogen and oxygen atoms in total. The van der Waals surface area contributed by atoms with Crippen molar-refractivity contribution in [3.05, 3.63) is 41.2 Å². The van der Waals surface area contributed by atoms with Gasteiger partial charge in [-0.3, -0.25) is 9.48 Å². The van der Waals surface area contributed by atoms with Crippen LogP contribution in [0.5, 0.6) is 0 Å². The minimum atomic E-state index is 0.00103. The van der Waals surface area contributed by atoms with E-state index in [1.807, 2.05) is 61.8 Å². The van der Waals surface area contributed by atoms with Crippen molar-refractivity contribution >= 4 is 17.3 Å². The standard InChI is InChI=1S/C17H24N4O/c1-12-6-7-15(11-16(12)20(4)5)18-17(22)8-9-21-14(3)10-13(2)19-21/h6-7,10-11H,8-9H2,1-5H3,(H,18,22). The van der Waals surface area contributed by atoms with E-state index in [4.69, 9.17) is 0 Å². The van der Waals surface area contributed by atoms with E-state index >= 15 is 0 Å². The highest BCUT2D eigenvalue weighted by molar-refractivity contribution is 5.91. The first-order valence-corrected chi connectivity index (χ1v) is 7.45. The fraction of sp³-hybridized carbons (Fsp3) is 0.412. The smallest absolute Gasteiger partial charge is 0.226 e. The molecule has 22 heavy (non-hydrogen) atoms. The van der Waals surface area contributed by atoms with Crippen molar-refractivity contribution in [3.63, 3.8) is 0 Å². The first-order valence-electron chi connectivity index (χ1n) is 7.45. The van der Waals surface area contributed by atoms with E-state index in [1.165, 1.54) is 5.56 Å². The second-order valence-corrected chi connectivity index (χ2v) is 5.84. The Hall–Kier alpha value is -2.30. The van der Waals surface area contributed by atoms with Crippen LogP contribution in [0.2, 0.25) is 0 Å². The Morgan fingerprint density at radius 1 is 1.23 bits per heavy atom. The van der Waals surface area contributed by atoms with Gasteiger partial charge in [-0.2, -0.15) is 5.10 Å². The Kier molecular flexibility index (Phi) is 4.85. The summed E-state index contributed by atoms with van der Waals surface area (Å²) in [4.78, 5) is 14.1. The zero-order valence-corrected chi connectivity index (χ0v) is 14.0. The third kappa shape index (κ3) is 3.87. The number of aryl methyl sites for hydroxylation is 4. The van der Waals surface area contributed by atoms with Crippen LogP contribution in [0.15, 0.2) is 24.3 Å². The second kappa shape index (κ2) is 6.64. The van der Waals surface area contributed by atoms with Crippen LogP contribution in [0.3, 0.4) is 0 Å². The van der Waals surface area contributed by atoms with Gasteiger partial charge in [0.15, 0.2) is 0 Å². The molecule has 0 aliphatic rings. The largest absolute Gasteiger partial charge is 0.377 e. The van der Waals surface area contributed by atoms with Gasteiger partial charge in [-0.05, 0) is 44.5 Å². The van der Waals surface area contributed by atoms with Crippen LogP contribution in [0.1, 0.15) is 23.4 Å². The average Bonchev–Trinajstić information content (AvgIpc) is 2.76. The Bertz CT molecular complexity index is 673. The number of hydrogen-bond donors (Lipinski definition) is 1. The van der Waals surface area contributed by atoms with E-state index in [-0.39, 0.29) is 5.91 Å². The van der Waals surface area contributed by atoms with Gasteiger partial charge in [0.2, 0.25) is 5.91 Å². The maximum absolute atomic E-state index is 12.1. The van der Waals surface area contributed by atoms with Gasteiger partial charge < -0.3 is 10.2 Å². The molecule has 0 atom stereocenters. The molecule has 1 amide bonds. The van der Waals surface area contributed by atoms with Crippen LogP contribution < -0.4 is 10.2 Å². The Balaban J connectivity index is 1.97. The zero-order valence-electron chi connectivity index (χ0n) is 14.0. The van der Waals surface area contributed by atoms with E-state index in [0.29, 0.717) is 13.0 Å². The van der Waals surface area contributed by atoms with E-state index in [2.05, 4.69) is 17.3 Å². The highest BCUT2D eigenvalue weighted by Crippen LogP contribution is 2.22. The number of carbonyl (C=O) groups is 1. The summed E-state index contributed by atoms with van der Waals surface area (Å²) in [6.07, 6.45) is 0.410. The lowest BCUT2D eigenvalue weighted by Crippen LogP contribution is -2.16. The summed E-state index contributed by atoms with van der Waals surface area (Å²) in [7, 11) is 3.99. The second-order valence-electron chi connectivity index (χ2n) is 5.84. The molecule has 2 aromatic rings. The molecule has 0 aliphatic heterocycles. The van der Waals surface area contributed by atoms with Gasteiger partial charge >= 0.3 is 0 Å². The molecule has 1 aromatic heterocycles. The summed E-state index contributed by atoms with van der Waals surface area (Å²) in [5.74, 6) is 0.00103. The van der Waals surface area contributed by atoms with E-state index in [1.54, 1.807) is 0 Å². The lowest BCUT2D eigenvalue weighted by atomic mass is 10.1. The predicted molar refractivity (Wildman–Crippen MR) is 90.5 cm³/mol. The zero-order chi connectivity index (χ0) is 16.3. The first-order chi connectivity index (χ1) is 10.4. The van der Waals surface area contributed by atoms with Crippen molar-refractivity contribution in [3.8, 4) is 0 Å². The quantitative estimate of drug-likeness (QED) is 0.923. The van der Waals surface area contributed by atoms with Crippen molar-refractivity contribution in [1.82, 2.24) is 9.78 Å². The summed E-state index contributed by atoms with van der Waals surface area (Å²) in [5.41, 5.74) is 5.18. The SMILES string of the molecule is Cc1cc(C)n(CCC(=O)Nc2ccc(C)c(N(C)C)c2)n1. The Morgan fingerprint density at radius 3 is 2.55 bits per heavy atom. The number of anilines is 2. The maximum Gasteiger partial charge on any atom is 0.226 e. The van der Waals surface area contributed by atoms with E-state index in [9.17, 15) is 4.79 Å². The molecule has 118 valence electrons. The fourth-order valence-electron chi connectivity index (χ4n) is 2.50. The molecule has 0 saturated heterocycles. The number of hydrogen-bond acceptors (Lipinski definition) is 3. The van der Waals surface area contributed by atoms with Gasteiger partial charge in [-0.25, -0.2) is 0 Å². The van der Waals surface area contributed by atoms with Crippen LogP contribution in [-0.2, 0) is 11.3 Å². The normalized spacial score (nSPS) is 10.6. The van der Waals surface area contributed by atoms with Crippen LogP contribution in [0.4, 0.5) is 11.4 Å². The fourth-order valence-corrected chi connectivity index (χ4v) is 2.50. The van der Waals surface area contributed by atoms with Crippen LogP contribution >= 0.6 is 0 Å². The van der Waals surface area contributed by atoms with Crippen molar-refractivity contribution in [2.24, 2.45) is 0 Å². The molecule has 1 aromatic carbocycles. The first kappa shape index (κ1) is 16.1. The summed E-state index contributed by atoms with van der Waals surface area (Å²) < 4.78 is 1.87. The third-order valence-electron chi connectivity index (χ3n) is 3.63. The van der Waals surface area contributed by atoms with Gasteiger partial charge in [0.25, 0.3) is 0 Å². The lowest BCUT2D eigenvalue weighted by Gasteiger charge is -2.17. The van der Waals surface area contributed by atoms with E-state index in [0.717, 1.165) is 22.8 Å². The van der Waals surface area contributed by atoms with Crippen LogP contribution in [-0.4, -0.2) is 29.8 Å². The van der Waals surface area contributed by atoms with Gasteiger partial charge in [0.1, 0.15) is 0 Å². The highest BCUT2D eigenvalue weighted by atomic mass is 16.1. The minimum Gasteiger partial charge on any atom is -0.377 e. The van der Waals surface area contributed by atoms with Crippen molar-refractivity contribution < 1.29 is 4.79 Å². The molecule has 0 aliphatic carbocycles. The van der Waals surface area contributed by atoms with Crippen molar-refractivity contribution in [2.75, 3.05) is 24.3 Å². The topological polar surface area (TPSA) is 50.2 Å². The molecule has 1 N–H and O–H groups in total. The number of nitrogens with one attached hydrogen (secondary N) is 1. The lowest BCUT2D eigenvalue weighted by molar-refractivity contribution is -0.116. The predicted octanol–water partition coefficient (Wildman–Crippen LogP) is 2.90. The van der Waals surface area contributed by atoms with Crippen LogP contribution in [0.25, 0.3) is 0 Å². The Morgan fingerprint density at radius 2 is 1.95 bits per heavy atom. The van der Waals surface area contributed by atoms with Gasteiger partial charge in [0.05, 0.1) is 5.69 Å². The van der Waals surface area contributed by atoms with Crippen LogP contribution in [0, 0.1) is 20.8 Å². The summed E-state index contributed by atoms with van der Waals surface area (Å²) in [6, 6.07) is 7.97. The van der Waals surface area contributed by atoms with Crippen molar-refractivity contribution in [2.45, 2.75) is 33.7 Å². The molecule has 0 fully saturated rings. The number of carbonyl (C=O) groups excluding carboxylic acids is 1. The molecular formula is C17H24N4O. The number of amides is 1. The molecule has 2 rings (SSSR count). The Labute approximate surface area is 131 Å². The van der Waals surface area contributed by atoms with Gasteiger partial charge in [-0.15, -0.1) is 0 Å². The number of aromatic nitrogens is 2. The average molecular weight is 300 g/mol.